The molecule has 8 heteroatoms. The minimum absolute atomic E-state index is 0.317. The lowest BCUT2D eigenvalue weighted by atomic mass is 10.2. The molecule has 1 aromatic heterocycles. The van der Waals surface area contributed by atoms with Gasteiger partial charge in [0.1, 0.15) is 17.3 Å². The Morgan fingerprint density at radius 3 is 2.60 bits per heavy atom. The molecule has 1 heterocycles. The number of H-pyrrole nitrogens is 1. The second kappa shape index (κ2) is 7.27. The van der Waals surface area contributed by atoms with Crippen LogP contribution in [0.25, 0.3) is 11.4 Å². The number of hydrogen-bond donors (Lipinski definition) is 1. The Morgan fingerprint density at radius 2 is 1.92 bits per heavy atom. The van der Waals surface area contributed by atoms with Gasteiger partial charge in [0.2, 0.25) is 4.77 Å². The summed E-state index contributed by atoms with van der Waals surface area (Å²) in [6.45, 7) is 0. The van der Waals surface area contributed by atoms with Gasteiger partial charge in [-0.05, 0) is 54.7 Å². The van der Waals surface area contributed by atoms with Gasteiger partial charge in [0.25, 0.3) is 0 Å². The molecular weight excluding hydrogens is 343 g/mol. The fourth-order valence-electron chi connectivity index (χ4n) is 2.24. The van der Waals surface area contributed by atoms with Gasteiger partial charge in [-0.2, -0.15) is 14.9 Å². The standard InChI is InChI=1S/C17H15FN4O2S/c1-23-14-7-8-15(24-2)12(9-14)10-19-22-16(20-21-17(22)25)11-3-5-13(18)6-4-11/h3-10H,1-2H3,(H,21,25)/b19-10+. The second-order valence-corrected chi connectivity index (χ2v) is 5.41. The molecule has 0 spiro atoms. The largest absolute Gasteiger partial charge is 0.497 e. The van der Waals surface area contributed by atoms with E-state index in [4.69, 9.17) is 21.7 Å². The smallest absolute Gasteiger partial charge is 0.216 e. The maximum Gasteiger partial charge on any atom is 0.216 e. The third kappa shape index (κ3) is 3.58. The van der Waals surface area contributed by atoms with E-state index in [1.807, 2.05) is 0 Å². The van der Waals surface area contributed by atoms with Crippen LogP contribution in [0.3, 0.4) is 0 Å². The van der Waals surface area contributed by atoms with Gasteiger partial charge in [0, 0.05) is 11.1 Å². The summed E-state index contributed by atoms with van der Waals surface area (Å²) in [5.41, 5.74) is 1.40. The minimum atomic E-state index is -0.325. The molecule has 0 fully saturated rings. The normalized spacial score (nSPS) is 11.0. The number of nitrogens with zero attached hydrogens (tertiary/aromatic N) is 3. The summed E-state index contributed by atoms with van der Waals surface area (Å²) in [7, 11) is 3.16. The maximum absolute atomic E-state index is 13.1. The van der Waals surface area contributed by atoms with Gasteiger partial charge in [-0.3, -0.25) is 0 Å². The Kier molecular flexibility index (Phi) is 4.90. The lowest BCUT2D eigenvalue weighted by molar-refractivity contribution is 0.402. The summed E-state index contributed by atoms with van der Waals surface area (Å²) < 4.78 is 25.4. The monoisotopic (exact) mass is 358 g/mol. The number of hydrogen-bond acceptors (Lipinski definition) is 5. The predicted molar refractivity (Wildman–Crippen MR) is 95.3 cm³/mol. The SMILES string of the molecule is COc1ccc(OC)c(/C=N/n2c(-c3ccc(F)cc3)n[nH]c2=S)c1. The van der Waals surface area contributed by atoms with Crippen molar-refractivity contribution in [1.29, 1.82) is 0 Å². The van der Waals surface area contributed by atoms with Crippen LogP contribution >= 0.6 is 12.2 Å². The fraction of sp³-hybridized carbons (Fsp3) is 0.118. The van der Waals surface area contributed by atoms with E-state index in [9.17, 15) is 4.39 Å². The van der Waals surface area contributed by atoms with Crippen LogP contribution < -0.4 is 9.47 Å². The van der Waals surface area contributed by atoms with E-state index >= 15 is 0 Å². The van der Waals surface area contributed by atoms with Gasteiger partial charge >= 0.3 is 0 Å². The molecule has 6 nitrogen and oxygen atoms in total. The number of halogens is 1. The molecule has 0 aliphatic carbocycles. The highest BCUT2D eigenvalue weighted by Crippen LogP contribution is 2.23. The van der Waals surface area contributed by atoms with Crippen LogP contribution in [-0.2, 0) is 0 Å². The third-order valence-corrected chi connectivity index (χ3v) is 3.77. The summed E-state index contributed by atoms with van der Waals surface area (Å²) >= 11 is 5.23. The molecule has 2 aromatic carbocycles. The predicted octanol–water partition coefficient (Wildman–Crippen LogP) is 3.65. The van der Waals surface area contributed by atoms with Gasteiger partial charge in [0.15, 0.2) is 5.82 Å². The highest BCUT2D eigenvalue weighted by Gasteiger charge is 2.09. The van der Waals surface area contributed by atoms with Crippen LogP contribution in [0, 0.1) is 10.6 Å². The molecule has 0 aliphatic heterocycles. The molecule has 0 saturated carbocycles. The first-order chi connectivity index (χ1) is 12.1. The van der Waals surface area contributed by atoms with Crippen molar-refractivity contribution in [3.63, 3.8) is 0 Å². The highest BCUT2D eigenvalue weighted by molar-refractivity contribution is 7.71. The second-order valence-electron chi connectivity index (χ2n) is 5.02. The van der Waals surface area contributed by atoms with Crippen LogP contribution in [-0.4, -0.2) is 35.3 Å². The average Bonchev–Trinajstić information content (AvgIpc) is 3.01. The number of benzene rings is 2. The number of aromatic amines is 1. The van der Waals surface area contributed by atoms with Gasteiger partial charge < -0.3 is 9.47 Å². The molecule has 0 saturated heterocycles. The molecule has 0 unspecified atom stereocenters. The summed E-state index contributed by atoms with van der Waals surface area (Å²) in [6, 6.07) is 11.3. The zero-order valence-corrected chi connectivity index (χ0v) is 14.4. The van der Waals surface area contributed by atoms with E-state index in [1.54, 1.807) is 50.8 Å². The summed E-state index contributed by atoms with van der Waals surface area (Å²) in [6.07, 6.45) is 1.60. The first-order valence-corrected chi connectivity index (χ1v) is 7.73. The van der Waals surface area contributed by atoms with E-state index in [1.165, 1.54) is 16.8 Å². The third-order valence-electron chi connectivity index (χ3n) is 3.50. The van der Waals surface area contributed by atoms with Crippen molar-refractivity contribution in [2.75, 3.05) is 14.2 Å². The number of rotatable bonds is 5. The molecule has 128 valence electrons. The van der Waals surface area contributed by atoms with Crippen molar-refractivity contribution in [3.8, 4) is 22.9 Å². The highest BCUT2D eigenvalue weighted by atomic mass is 32.1. The molecule has 0 atom stereocenters. The van der Waals surface area contributed by atoms with Crippen molar-refractivity contribution in [1.82, 2.24) is 14.9 Å². The van der Waals surface area contributed by atoms with Crippen LogP contribution in [0.1, 0.15) is 5.56 Å². The number of methoxy groups -OCH3 is 2. The van der Waals surface area contributed by atoms with Crippen molar-refractivity contribution in [2.45, 2.75) is 0 Å². The van der Waals surface area contributed by atoms with Crippen LogP contribution in [0.2, 0.25) is 0 Å². The molecule has 0 radical (unpaired) electrons. The molecule has 1 N–H and O–H groups in total. The van der Waals surface area contributed by atoms with Crippen molar-refractivity contribution < 1.29 is 13.9 Å². The first-order valence-electron chi connectivity index (χ1n) is 7.32. The number of aromatic nitrogens is 3. The van der Waals surface area contributed by atoms with Crippen LogP contribution in [0.4, 0.5) is 4.39 Å². The Morgan fingerprint density at radius 1 is 1.16 bits per heavy atom. The average molecular weight is 358 g/mol. The summed E-state index contributed by atoms with van der Waals surface area (Å²) in [5.74, 6) is 1.47. The Balaban J connectivity index is 2.01. The number of ether oxygens (including phenoxy) is 2. The zero-order chi connectivity index (χ0) is 17.8. The molecule has 0 bridgehead atoms. The Bertz CT molecular complexity index is 964. The number of nitrogens with one attached hydrogen (secondary N) is 1. The van der Waals surface area contributed by atoms with Crippen molar-refractivity contribution >= 4 is 18.4 Å². The zero-order valence-electron chi connectivity index (χ0n) is 13.6. The van der Waals surface area contributed by atoms with E-state index in [0.717, 1.165) is 5.56 Å². The molecule has 3 rings (SSSR count). The minimum Gasteiger partial charge on any atom is -0.497 e. The van der Waals surface area contributed by atoms with E-state index in [2.05, 4.69) is 15.3 Å². The van der Waals surface area contributed by atoms with Gasteiger partial charge in [-0.15, -0.1) is 0 Å². The molecular formula is C17H15FN4O2S. The quantitative estimate of drug-likeness (QED) is 0.559. The van der Waals surface area contributed by atoms with Gasteiger partial charge in [0.05, 0.1) is 20.4 Å². The topological polar surface area (TPSA) is 64.4 Å². The first kappa shape index (κ1) is 16.8. The lowest BCUT2D eigenvalue weighted by Crippen LogP contribution is -1.97. The fourth-order valence-corrected chi connectivity index (χ4v) is 2.42. The molecule has 3 aromatic rings. The molecule has 0 amide bonds. The van der Waals surface area contributed by atoms with Crippen molar-refractivity contribution in [3.05, 3.63) is 58.6 Å². The molecule has 25 heavy (non-hydrogen) atoms. The maximum atomic E-state index is 13.1. The van der Waals surface area contributed by atoms with Crippen LogP contribution in [0.5, 0.6) is 11.5 Å². The Hall–Kier alpha value is -3.00. The molecule has 0 aliphatic rings. The van der Waals surface area contributed by atoms with Gasteiger partial charge in [-0.1, -0.05) is 0 Å². The van der Waals surface area contributed by atoms with Crippen LogP contribution in [0.15, 0.2) is 47.6 Å². The van der Waals surface area contributed by atoms with E-state index in [0.29, 0.717) is 27.7 Å². The summed E-state index contributed by atoms with van der Waals surface area (Å²) in [4.78, 5) is 0. The van der Waals surface area contributed by atoms with Gasteiger partial charge in [-0.25, -0.2) is 9.49 Å². The summed E-state index contributed by atoms with van der Waals surface area (Å²) in [5, 5.41) is 11.2. The van der Waals surface area contributed by atoms with E-state index in [-0.39, 0.29) is 5.82 Å². The Labute approximate surface area is 148 Å². The van der Waals surface area contributed by atoms with Crippen molar-refractivity contribution in [2.24, 2.45) is 5.10 Å². The lowest BCUT2D eigenvalue weighted by Gasteiger charge is -2.07. The van der Waals surface area contributed by atoms with E-state index < -0.39 is 0 Å².